The molecule has 0 saturated carbocycles. The van der Waals surface area contributed by atoms with Crippen LogP contribution in [0.25, 0.3) is 0 Å². The molecule has 0 radical (unpaired) electrons. The van der Waals surface area contributed by atoms with Crippen LogP contribution in [0.3, 0.4) is 0 Å². The average molecular weight is 327 g/mol. The minimum Gasteiger partial charge on any atom is -0.376 e. The number of carbonyl (C=O) groups is 1. The predicted molar refractivity (Wildman–Crippen MR) is 88.0 cm³/mol. The molecule has 0 spiro atoms. The SMILES string of the molecule is CN1CCN(C=C2SC(=S)N(CC3CCCO3)C2=O)CC1. The van der Waals surface area contributed by atoms with Gasteiger partial charge in [0.05, 0.1) is 17.6 Å². The van der Waals surface area contributed by atoms with Gasteiger partial charge in [-0.25, -0.2) is 0 Å². The maximum atomic E-state index is 12.5. The lowest BCUT2D eigenvalue weighted by Crippen LogP contribution is -2.42. The third-order valence-corrected chi connectivity index (χ3v) is 5.49. The van der Waals surface area contributed by atoms with Crippen molar-refractivity contribution in [1.82, 2.24) is 14.7 Å². The Morgan fingerprint density at radius 2 is 2.14 bits per heavy atom. The van der Waals surface area contributed by atoms with Gasteiger partial charge in [-0.1, -0.05) is 24.0 Å². The molecule has 3 aliphatic heterocycles. The van der Waals surface area contributed by atoms with Crippen molar-refractivity contribution in [2.45, 2.75) is 18.9 Å². The van der Waals surface area contributed by atoms with E-state index in [0.717, 1.165) is 50.5 Å². The molecule has 1 amide bonds. The smallest absolute Gasteiger partial charge is 0.267 e. The van der Waals surface area contributed by atoms with Crippen LogP contribution in [-0.2, 0) is 9.53 Å². The summed E-state index contributed by atoms with van der Waals surface area (Å²) in [5.41, 5.74) is 0. The number of ether oxygens (including phenoxy) is 1. The van der Waals surface area contributed by atoms with E-state index >= 15 is 0 Å². The molecule has 3 aliphatic rings. The molecule has 116 valence electrons. The maximum Gasteiger partial charge on any atom is 0.267 e. The number of thioether (sulfide) groups is 1. The Morgan fingerprint density at radius 1 is 1.38 bits per heavy atom. The summed E-state index contributed by atoms with van der Waals surface area (Å²) in [5, 5.41) is 0. The van der Waals surface area contributed by atoms with Crippen LogP contribution in [0.4, 0.5) is 0 Å². The topological polar surface area (TPSA) is 36.0 Å². The molecule has 3 saturated heterocycles. The summed E-state index contributed by atoms with van der Waals surface area (Å²) in [6, 6.07) is 0. The van der Waals surface area contributed by atoms with Gasteiger partial charge in [-0.15, -0.1) is 0 Å². The second-order valence-electron chi connectivity index (χ2n) is 5.75. The standard InChI is InChI=1S/C14H21N3O2S2/c1-15-4-6-16(7-5-15)10-12-13(18)17(14(20)21-12)9-11-3-2-8-19-11/h10-11H,2-9H2,1H3. The van der Waals surface area contributed by atoms with Gasteiger partial charge in [0.1, 0.15) is 4.32 Å². The maximum absolute atomic E-state index is 12.5. The van der Waals surface area contributed by atoms with E-state index in [4.69, 9.17) is 17.0 Å². The number of likely N-dealkylation sites (N-methyl/N-ethyl adjacent to an activating group) is 1. The zero-order valence-corrected chi connectivity index (χ0v) is 13.9. The van der Waals surface area contributed by atoms with Crippen molar-refractivity contribution < 1.29 is 9.53 Å². The zero-order chi connectivity index (χ0) is 14.8. The molecule has 3 fully saturated rings. The number of hydrogen-bond acceptors (Lipinski definition) is 6. The number of rotatable bonds is 3. The molecule has 0 N–H and O–H groups in total. The average Bonchev–Trinajstić information content (AvgIpc) is 3.06. The van der Waals surface area contributed by atoms with Gasteiger partial charge in [0, 0.05) is 39.0 Å². The van der Waals surface area contributed by atoms with E-state index in [0.29, 0.717) is 10.9 Å². The van der Waals surface area contributed by atoms with Crippen LogP contribution >= 0.6 is 24.0 Å². The number of carbonyl (C=O) groups excluding carboxylic acids is 1. The lowest BCUT2D eigenvalue weighted by molar-refractivity contribution is -0.123. The van der Waals surface area contributed by atoms with Gasteiger partial charge in [0.15, 0.2) is 0 Å². The molecule has 0 aromatic rings. The zero-order valence-electron chi connectivity index (χ0n) is 12.3. The van der Waals surface area contributed by atoms with Crippen molar-refractivity contribution in [2.75, 3.05) is 46.4 Å². The number of thiocarbonyl (C=S) groups is 1. The highest BCUT2D eigenvalue weighted by Crippen LogP contribution is 2.32. The van der Waals surface area contributed by atoms with Crippen LogP contribution in [0.1, 0.15) is 12.8 Å². The summed E-state index contributed by atoms with van der Waals surface area (Å²) in [6.45, 7) is 5.40. The summed E-state index contributed by atoms with van der Waals surface area (Å²) in [6.07, 6.45) is 4.24. The second-order valence-corrected chi connectivity index (χ2v) is 7.43. The minimum absolute atomic E-state index is 0.0411. The van der Waals surface area contributed by atoms with Crippen LogP contribution < -0.4 is 0 Å². The quantitative estimate of drug-likeness (QED) is 0.571. The summed E-state index contributed by atoms with van der Waals surface area (Å²) >= 11 is 6.78. The number of hydrogen-bond donors (Lipinski definition) is 0. The molecule has 0 aromatic carbocycles. The Balaban J connectivity index is 1.62. The van der Waals surface area contributed by atoms with Crippen molar-refractivity contribution in [2.24, 2.45) is 0 Å². The lowest BCUT2D eigenvalue weighted by Gasteiger charge is -2.31. The van der Waals surface area contributed by atoms with Gasteiger partial charge in [0.2, 0.25) is 0 Å². The number of amides is 1. The van der Waals surface area contributed by atoms with Crippen molar-refractivity contribution >= 4 is 34.2 Å². The predicted octanol–water partition coefficient (Wildman–Crippen LogP) is 1.11. The molecule has 5 nitrogen and oxygen atoms in total. The van der Waals surface area contributed by atoms with E-state index < -0.39 is 0 Å². The van der Waals surface area contributed by atoms with Crippen LogP contribution in [0.2, 0.25) is 0 Å². The van der Waals surface area contributed by atoms with E-state index in [1.165, 1.54) is 11.8 Å². The number of piperazine rings is 1. The molecule has 0 bridgehead atoms. The molecule has 7 heteroatoms. The first-order valence-corrected chi connectivity index (χ1v) is 8.65. The fourth-order valence-electron chi connectivity index (χ4n) is 2.76. The van der Waals surface area contributed by atoms with Crippen LogP contribution in [0.5, 0.6) is 0 Å². The molecular weight excluding hydrogens is 306 g/mol. The van der Waals surface area contributed by atoms with Gasteiger partial charge in [-0.05, 0) is 19.9 Å². The van der Waals surface area contributed by atoms with Crippen molar-refractivity contribution in [3.05, 3.63) is 11.1 Å². The first kappa shape index (κ1) is 15.3. The van der Waals surface area contributed by atoms with Crippen LogP contribution in [0.15, 0.2) is 11.1 Å². The fraction of sp³-hybridized carbons (Fsp3) is 0.714. The molecule has 1 atom stereocenters. The Kier molecular flexibility index (Phi) is 4.83. The summed E-state index contributed by atoms with van der Waals surface area (Å²) in [7, 11) is 2.12. The largest absolute Gasteiger partial charge is 0.376 e. The van der Waals surface area contributed by atoms with Gasteiger partial charge < -0.3 is 14.5 Å². The minimum atomic E-state index is 0.0411. The first-order chi connectivity index (χ1) is 10.1. The van der Waals surface area contributed by atoms with Crippen molar-refractivity contribution in [1.29, 1.82) is 0 Å². The van der Waals surface area contributed by atoms with Gasteiger partial charge in [-0.3, -0.25) is 9.69 Å². The molecule has 21 heavy (non-hydrogen) atoms. The Labute approximate surface area is 135 Å². The van der Waals surface area contributed by atoms with E-state index in [1.807, 2.05) is 6.20 Å². The van der Waals surface area contributed by atoms with Crippen molar-refractivity contribution in [3.8, 4) is 0 Å². The van der Waals surface area contributed by atoms with Gasteiger partial charge >= 0.3 is 0 Å². The summed E-state index contributed by atoms with van der Waals surface area (Å²) in [5.74, 6) is 0.0411. The Morgan fingerprint density at radius 3 is 2.81 bits per heavy atom. The van der Waals surface area contributed by atoms with E-state index in [2.05, 4.69) is 16.8 Å². The summed E-state index contributed by atoms with van der Waals surface area (Å²) < 4.78 is 6.27. The van der Waals surface area contributed by atoms with Crippen molar-refractivity contribution in [3.63, 3.8) is 0 Å². The lowest BCUT2D eigenvalue weighted by atomic mass is 10.2. The monoisotopic (exact) mass is 327 g/mol. The Hall–Kier alpha value is -0.630. The molecule has 0 aliphatic carbocycles. The fourth-order valence-corrected chi connectivity index (χ4v) is 4.04. The molecular formula is C14H21N3O2S2. The number of nitrogens with zero attached hydrogens (tertiary/aromatic N) is 3. The van der Waals surface area contributed by atoms with Crippen LogP contribution in [0, 0.1) is 0 Å². The van der Waals surface area contributed by atoms with E-state index in [-0.39, 0.29) is 12.0 Å². The van der Waals surface area contributed by atoms with Gasteiger partial charge in [0.25, 0.3) is 5.91 Å². The highest BCUT2D eigenvalue weighted by Gasteiger charge is 2.35. The molecule has 3 rings (SSSR count). The summed E-state index contributed by atoms with van der Waals surface area (Å²) in [4.78, 5) is 19.5. The molecule has 3 heterocycles. The molecule has 1 unspecified atom stereocenters. The molecule has 0 aromatic heterocycles. The second kappa shape index (κ2) is 6.64. The van der Waals surface area contributed by atoms with E-state index in [9.17, 15) is 4.79 Å². The highest BCUT2D eigenvalue weighted by molar-refractivity contribution is 8.26. The third kappa shape index (κ3) is 3.59. The first-order valence-electron chi connectivity index (χ1n) is 7.43. The normalized spacial score (nSPS) is 30.0. The highest BCUT2D eigenvalue weighted by atomic mass is 32.2. The van der Waals surface area contributed by atoms with Crippen LogP contribution in [-0.4, -0.2) is 77.4 Å². The van der Waals surface area contributed by atoms with Gasteiger partial charge in [-0.2, -0.15) is 0 Å². The Bertz CT molecular complexity index is 455. The van der Waals surface area contributed by atoms with E-state index in [1.54, 1.807) is 4.90 Å². The third-order valence-electron chi connectivity index (χ3n) is 4.12.